The van der Waals surface area contributed by atoms with Crippen LogP contribution in [0.3, 0.4) is 0 Å². The topological polar surface area (TPSA) is 84.2 Å². The molecule has 0 bridgehead atoms. The van der Waals surface area contributed by atoms with Crippen LogP contribution in [0.15, 0.2) is 0 Å². The first-order valence-corrected chi connectivity index (χ1v) is 11.3. The second-order valence-corrected chi connectivity index (χ2v) is 9.61. The molecule has 3 rings (SSSR count). The van der Waals surface area contributed by atoms with Gasteiger partial charge in [0.1, 0.15) is 16.9 Å². The minimum Gasteiger partial charge on any atom is -0.352 e. The zero-order valence-corrected chi connectivity index (χ0v) is 17.8. The van der Waals surface area contributed by atoms with Gasteiger partial charge in [0.25, 0.3) is 0 Å². The molecule has 0 atom stereocenters. The van der Waals surface area contributed by atoms with Crippen LogP contribution in [-0.4, -0.2) is 64.4 Å². The average Bonchev–Trinajstić information content (AvgIpc) is 2.93. The van der Waals surface area contributed by atoms with Gasteiger partial charge in [-0.05, 0) is 13.3 Å². The standard InChI is InChI=1S/C18H30N6O2S/c1-6-7-12-27(25,26)24-10-8-23(9-11-24)18-16-15(14(4)21-22(16)5)19-17(20-18)13(2)3/h13H,6-12H2,1-5H3. The highest BCUT2D eigenvalue weighted by Crippen LogP contribution is 2.28. The van der Waals surface area contributed by atoms with Crippen LogP contribution in [0.1, 0.15) is 51.0 Å². The molecule has 8 nitrogen and oxygen atoms in total. The van der Waals surface area contributed by atoms with Gasteiger partial charge in [0, 0.05) is 39.1 Å². The SMILES string of the molecule is CCCCS(=O)(=O)N1CCN(c2nc(C(C)C)nc3c(C)nn(C)c23)CC1. The van der Waals surface area contributed by atoms with Crippen LogP contribution in [0.4, 0.5) is 5.82 Å². The van der Waals surface area contributed by atoms with E-state index in [2.05, 4.69) is 23.8 Å². The predicted octanol–water partition coefficient (Wildman–Crippen LogP) is 2.05. The van der Waals surface area contributed by atoms with Crippen LogP contribution in [0.25, 0.3) is 11.0 Å². The van der Waals surface area contributed by atoms with Crippen molar-refractivity contribution in [2.24, 2.45) is 7.05 Å². The Bertz CT molecular complexity index is 914. The Balaban J connectivity index is 1.89. The number of sulfonamides is 1. The van der Waals surface area contributed by atoms with Crippen LogP contribution in [0, 0.1) is 6.92 Å². The van der Waals surface area contributed by atoms with Crippen molar-refractivity contribution in [1.82, 2.24) is 24.1 Å². The third-order valence-corrected chi connectivity index (χ3v) is 7.01. The maximum atomic E-state index is 12.5. The van der Waals surface area contributed by atoms with Crippen molar-refractivity contribution < 1.29 is 8.42 Å². The van der Waals surface area contributed by atoms with Gasteiger partial charge in [-0.3, -0.25) is 4.68 Å². The summed E-state index contributed by atoms with van der Waals surface area (Å²) >= 11 is 0. The van der Waals surface area contributed by atoms with Crippen LogP contribution < -0.4 is 4.90 Å². The third-order valence-electron chi connectivity index (χ3n) is 5.05. The second kappa shape index (κ2) is 7.71. The number of hydrogen-bond donors (Lipinski definition) is 0. The molecule has 3 heterocycles. The number of piperazine rings is 1. The number of anilines is 1. The zero-order chi connectivity index (χ0) is 19.8. The Morgan fingerprint density at radius 1 is 1.11 bits per heavy atom. The Labute approximate surface area is 161 Å². The van der Waals surface area contributed by atoms with E-state index in [1.807, 2.05) is 25.6 Å². The molecule has 2 aromatic heterocycles. The molecule has 0 unspecified atom stereocenters. The molecule has 0 amide bonds. The van der Waals surface area contributed by atoms with E-state index in [9.17, 15) is 8.42 Å². The van der Waals surface area contributed by atoms with E-state index >= 15 is 0 Å². The Morgan fingerprint density at radius 2 is 1.78 bits per heavy atom. The maximum Gasteiger partial charge on any atom is 0.214 e. The Kier molecular flexibility index (Phi) is 5.71. The number of unbranched alkanes of at least 4 members (excludes halogenated alkanes) is 1. The van der Waals surface area contributed by atoms with Crippen molar-refractivity contribution in [2.75, 3.05) is 36.8 Å². The largest absolute Gasteiger partial charge is 0.352 e. The van der Waals surface area contributed by atoms with E-state index in [1.165, 1.54) is 0 Å². The van der Waals surface area contributed by atoms with Gasteiger partial charge in [-0.2, -0.15) is 9.40 Å². The minimum absolute atomic E-state index is 0.212. The first kappa shape index (κ1) is 20.0. The van der Waals surface area contributed by atoms with Gasteiger partial charge in [-0.1, -0.05) is 27.2 Å². The number of hydrogen-bond acceptors (Lipinski definition) is 6. The summed E-state index contributed by atoms with van der Waals surface area (Å²) in [6.45, 7) is 10.4. The minimum atomic E-state index is -3.16. The molecule has 27 heavy (non-hydrogen) atoms. The van der Waals surface area contributed by atoms with Crippen LogP contribution in [-0.2, 0) is 17.1 Å². The number of nitrogens with zero attached hydrogens (tertiary/aromatic N) is 6. The lowest BCUT2D eigenvalue weighted by atomic mass is 10.2. The van der Waals surface area contributed by atoms with Crippen molar-refractivity contribution >= 4 is 26.9 Å². The fourth-order valence-corrected chi connectivity index (χ4v) is 5.08. The number of rotatable bonds is 6. The van der Waals surface area contributed by atoms with Crippen molar-refractivity contribution in [1.29, 1.82) is 0 Å². The van der Waals surface area contributed by atoms with Crippen molar-refractivity contribution in [2.45, 2.75) is 46.5 Å². The highest BCUT2D eigenvalue weighted by atomic mass is 32.2. The van der Waals surface area contributed by atoms with Gasteiger partial charge < -0.3 is 4.90 Å². The van der Waals surface area contributed by atoms with Crippen molar-refractivity contribution in [3.8, 4) is 0 Å². The summed E-state index contributed by atoms with van der Waals surface area (Å²) in [6.07, 6.45) is 1.59. The lowest BCUT2D eigenvalue weighted by Crippen LogP contribution is -2.49. The van der Waals surface area contributed by atoms with E-state index in [4.69, 9.17) is 9.97 Å². The molecule has 0 aliphatic carbocycles. The van der Waals surface area contributed by atoms with Gasteiger partial charge in [0.05, 0.1) is 11.4 Å². The summed E-state index contributed by atoms with van der Waals surface area (Å²) in [4.78, 5) is 11.7. The monoisotopic (exact) mass is 394 g/mol. The molecular formula is C18H30N6O2S. The van der Waals surface area contributed by atoms with E-state index < -0.39 is 10.0 Å². The highest BCUT2D eigenvalue weighted by Gasteiger charge is 2.29. The number of aromatic nitrogens is 4. The molecule has 150 valence electrons. The van der Waals surface area contributed by atoms with Gasteiger partial charge in [-0.25, -0.2) is 18.4 Å². The summed E-state index contributed by atoms with van der Waals surface area (Å²) in [7, 11) is -1.26. The molecule has 0 aromatic carbocycles. The Hall–Kier alpha value is -1.74. The predicted molar refractivity (Wildman–Crippen MR) is 108 cm³/mol. The molecule has 1 saturated heterocycles. The molecule has 2 aromatic rings. The summed E-state index contributed by atoms with van der Waals surface area (Å²) < 4.78 is 28.4. The zero-order valence-electron chi connectivity index (χ0n) is 16.9. The van der Waals surface area contributed by atoms with Gasteiger partial charge >= 0.3 is 0 Å². The molecule has 0 saturated carbocycles. The van der Waals surface area contributed by atoms with Crippen molar-refractivity contribution in [3.05, 3.63) is 11.5 Å². The first-order chi connectivity index (χ1) is 12.7. The molecule has 1 fully saturated rings. The smallest absolute Gasteiger partial charge is 0.214 e. The summed E-state index contributed by atoms with van der Waals surface area (Å²) in [6, 6.07) is 0. The number of aryl methyl sites for hydroxylation is 2. The van der Waals surface area contributed by atoms with E-state index in [0.29, 0.717) is 32.6 Å². The normalized spacial score (nSPS) is 16.6. The summed E-state index contributed by atoms with van der Waals surface area (Å²) in [5.74, 6) is 2.10. The highest BCUT2D eigenvalue weighted by molar-refractivity contribution is 7.89. The van der Waals surface area contributed by atoms with E-state index in [-0.39, 0.29) is 11.7 Å². The fourth-order valence-electron chi connectivity index (χ4n) is 3.45. The molecular weight excluding hydrogens is 364 g/mol. The van der Waals surface area contributed by atoms with Crippen molar-refractivity contribution in [3.63, 3.8) is 0 Å². The second-order valence-electron chi connectivity index (χ2n) is 7.52. The van der Waals surface area contributed by atoms with Crippen LogP contribution >= 0.6 is 0 Å². The fraction of sp³-hybridized carbons (Fsp3) is 0.722. The van der Waals surface area contributed by atoms with E-state index in [0.717, 1.165) is 34.8 Å². The molecule has 0 N–H and O–H groups in total. The van der Waals surface area contributed by atoms with Crippen LogP contribution in [0.5, 0.6) is 0 Å². The quantitative estimate of drug-likeness (QED) is 0.745. The number of fused-ring (bicyclic) bond motifs is 1. The lowest BCUT2D eigenvalue weighted by Gasteiger charge is -2.35. The van der Waals surface area contributed by atoms with Gasteiger partial charge in [-0.15, -0.1) is 0 Å². The van der Waals surface area contributed by atoms with Gasteiger partial charge in [0.2, 0.25) is 10.0 Å². The average molecular weight is 395 g/mol. The Morgan fingerprint density at radius 3 is 2.37 bits per heavy atom. The van der Waals surface area contributed by atoms with Gasteiger partial charge in [0.15, 0.2) is 5.82 Å². The van der Waals surface area contributed by atoms with Crippen LogP contribution in [0.2, 0.25) is 0 Å². The third kappa shape index (κ3) is 3.94. The molecule has 1 aliphatic rings. The maximum absolute atomic E-state index is 12.5. The lowest BCUT2D eigenvalue weighted by molar-refractivity contribution is 0.383. The molecule has 0 spiro atoms. The summed E-state index contributed by atoms with van der Waals surface area (Å²) in [5, 5.41) is 4.52. The molecule has 0 radical (unpaired) electrons. The summed E-state index contributed by atoms with van der Waals surface area (Å²) in [5.41, 5.74) is 2.68. The molecule has 1 aliphatic heterocycles. The molecule has 9 heteroatoms. The van der Waals surface area contributed by atoms with E-state index in [1.54, 1.807) is 4.31 Å². The first-order valence-electron chi connectivity index (χ1n) is 9.68.